The van der Waals surface area contributed by atoms with Crippen molar-refractivity contribution in [3.63, 3.8) is 0 Å². The van der Waals surface area contributed by atoms with E-state index in [2.05, 4.69) is 24.0 Å². The van der Waals surface area contributed by atoms with Crippen LogP contribution in [-0.4, -0.2) is 37.2 Å². The number of rotatable bonds is 5. The van der Waals surface area contributed by atoms with Gasteiger partial charge in [-0.15, -0.1) is 0 Å². The first-order chi connectivity index (χ1) is 8.29. The van der Waals surface area contributed by atoms with E-state index < -0.39 is 0 Å². The predicted molar refractivity (Wildman–Crippen MR) is 70.3 cm³/mol. The van der Waals surface area contributed by atoms with E-state index in [1.54, 1.807) is 0 Å². The summed E-state index contributed by atoms with van der Waals surface area (Å²) in [5.74, 6) is 0.938. The highest BCUT2D eigenvalue weighted by Crippen LogP contribution is 2.15. The lowest BCUT2D eigenvalue weighted by Crippen LogP contribution is -2.42. The molecule has 0 amide bonds. The van der Waals surface area contributed by atoms with E-state index in [1.165, 1.54) is 31.5 Å². The van der Waals surface area contributed by atoms with Crippen LogP contribution in [0.15, 0.2) is 24.3 Å². The molecule has 3 heteroatoms. The number of likely N-dealkylation sites (tertiary alicyclic amines) is 1. The Morgan fingerprint density at radius 3 is 2.47 bits per heavy atom. The standard InChI is InChI=1S/C14H22N2O/c1-12-4-6-14(7-5-12)17-11-13(10-15)16-8-2-3-9-16/h4-7,13H,2-3,8-11,15H2,1H3. The summed E-state index contributed by atoms with van der Waals surface area (Å²) in [7, 11) is 0. The number of nitrogens with zero attached hydrogens (tertiary/aromatic N) is 1. The smallest absolute Gasteiger partial charge is 0.119 e. The molecule has 3 nitrogen and oxygen atoms in total. The van der Waals surface area contributed by atoms with Crippen LogP contribution in [0, 0.1) is 6.92 Å². The van der Waals surface area contributed by atoms with Gasteiger partial charge in [-0.05, 0) is 45.0 Å². The number of aryl methyl sites for hydroxylation is 1. The molecule has 0 aromatic heterocycles. The molecule has 1 aliphatic heterocycles. The Morgan fingerprint density at radius 1 is 1.24 bits per heavy atom. The number of benzene rings is 1. The lowest BCUT2D eigenvalue weighted by molar-refractivity contribution is 0.165. The SMILES string of the molecule is Cc1ccc(OCC(CN)N2CCCC2)cc1. The van der Waals surface area contributed by atoms with Crippen molar-refractivity contribution >= 4 is 0 Å². The van der Waals surface area contributed by atoms with Crippen LogP contribution < -0.4 is 10.5 Å². The van der Waals surface area contributed by atoms with E-state index in [-0.39, 0.29) is 0 Å². The first-order valence-electron chi connectivity index (χ1n) is 6.43. The minimum Gasteiger partial charge on any atom is -0.492 e. The third kappa shape index (κ3) is 3.45. The molecule has 1 fully saturated rings. The quantitative estimate of drug-likeness (QED) is 0.844. The van der Waals surface area contributed by atoms with Gasteiger partial charge in [0.05, 0.1) is 6.04 Å². The summed E-state index contributed by atoms with van der Waals surface area (Å²) >= 11 is 0. The van der Waals surface area contributed by atoms with Crippen molar-refractivity contribution in [3.8, 4) is 5.75 Å². The molecule has 1 saturated heterocycles. The number of hydrogen-bond donors (Lipinski definition) is 1. The monoisotopic (exact) mass is 234 g/mol. The molecule has 1 unspecified atom stereocenters. The zero-order valence-electron chi connectivity index (χ0n) is 10.6. The number of ether oxygens (including phenoxy) is 1. The normalized spacial score (nSPS) is 18.2. The summed E-state index contributed by atoms with van der Waals surface area (Å²) in [5, 5.41) is 0. The van der Waals surface area contributed by atoms with E-state index in [0.29, 0.717) is 19.2 Å². The Morgan fingerprint density at radius 2 is 1.88 bits per heavy atom. The molecule has 1 aromatic rings. The van der Waals surface area contributed by atoms with Crippen LogP contribution in [-0.2, 0) is 0 Å². The van der Waals surface area contributed by atoms with Gasteiger partial charge in [-0.3, -0.25) is 4.90 Å². The van der Waals surface area contributed by atoms with Crippen molar-refractivity contribution < 1.29 is 4.74 Å². The zero-order chi connectivity index (χ0) is 12.1. The molecule has 1 aromatic carbocycles. The van der Waals surface area contributed by atoms with Gasteiger partial charge < -0.3 is 10.5 Å². The third-order valence-electron chi connectivity index (χ3n) is 3.39. The van der Waals surface area contributed by atoms with E-state index in [0.717, 1.165) is 5.75 Å². The second-order valence-corrected chi connectivity index (χ2v) is 4.76. The fraction of sp³-hybridized carbons (Fsp3) is 0.571. The maximum atomic E-state index is 5.82. The Labute approximate surface area is 104 Å². The van der Waals surface area contributed by atoms with E-state index in [9.17, 15) is 0 Å². The largest absolute Gasteiger partial charge is 0.492 e. The Kier molecular flexibility index (Phi) is 4.40. The minimum absolute atomic E-state index is 0.360. The highest BCUT2D eigenvalue weighted by Gasteiger charge is 2.20. The van der Waals surface area contributed by atoms with Crippen molar-refractivity contribution in [2.75, 3.05) is 26.2 Å². The Balaban J connectivity index is 1.84. The predicted octanol–water partition coefficient (Wildman–Crippen LogP) is 1.80. The van der Waals surface area contributed by atoms with E-state index >= 15 is 0 Å². The molecular weight excluding hydrogens is 212 g/mol. The van der Waals surface area contributed by atoms with Crippen LogP contribution in [0.1, 0.15) is 18.4 Å². The summed E-state index contributed by atoms with van der Waals surface area (Å²) < 4.78 is 5.80. The van der Waals surface area contributed by atoms with Gasteiger partial charge in [0.2, 0.25) is 0 Å². The van der Waals surface area contributed by atoms with Crippen molar-refractivity contribution in [2.24, 2.45) is 5.73 Å². The highest BCUT2D eigenvalue weighted by molar-refractivity contribution is 5.26. The molecular formula is C14H22N2O. The van der Waals surface area contributed by atoms with Crippen molar-refractivity contribution in [2.45, 2.75) is 25.8 Å². The molecule has 1 heterocycles. The Hall–Kier alpha value is -1.06. The molecule has 0 aliphatic carbocycles. The fourth-order valence-electron chi connectivity index (χ4n) is 2.26. The van der Waals surface area contributed by atoms with Crippen molar-refractivity contribution in [1.29, 1.82) is 0 Å². The molecule has 1 atom stereocenters. The average Bonchev–Trinajstić information content (AvgIpc) is 2.86. The van der Waals surface area contributed by atoms with Gasteiger partial charge in [-0.25, -0.2) is 0 Å². The topological polar surface area (TPSA) is 38.5 Å². The average molecular weight is 234 g/mol. The van der Waals surface area contributed by atoms with Crippen molar-refractivity contribution in [1.82, 2.24) is 4.90 Å². The van der Waals surface area contributed by atoms with Crippen LogP contribution >= 0.6 is 0 Å². The first-order valence-corrected chi connectivity index (χ1v) is 6.43. The van der Waals surface area contributed by atoms with Gasteiger partial charge in [-0.2, -0.15) is 0 Å². The van der Waals surface area contributed by atoms with Gasteiger partial charge in [0.1, 0.15) is 12.4 Å². The van der Waals surface area contributed by atoms with Gasteiger partial charge in [0.15, 0.2) is 0 Å². The molecule has 0 bridgehead atoms. The summed E-state index contributed by atoms with van der Waals surface area (Å²) in [6, 6.07) is 8.55. The van der Waals surface area contributed by atoms with Crippen LogP contribution in [0.5, 0.6) is 5.75 Å². The fourth-order valence-corrected chi connectivity index (χ4v) is 2.26. The molecule has 2 rings (SSSR count). The minimum atomic E-state index is 0.360. The third-order valence-corrected chi connectivity index (χ3v) is 3.39. The molecule has 0 spiro atoms. The molecule has 94 valence electrons. The summed E-state index contributed by atoms with van der Waals surface area (Å²) in [4.78, 5) is 2.44. The van der Waals surface area contributed by atoms with Crippen LogP contribution in [0.25, 0.3) is 0 Å². The maximum absolute atomic E-state index is 5.82. The highest BCUT2D eigenvalue weighted by atomic mass is 16.5. The molecule has 1 aliphatic rings. The lowest BCUT2D eigenvalue weighted by atomic mass is 10.2. The molecule has 17 heavy (non-hydrogen) atoms. The van der Waals surface area contributed by atoms with Gasteiger partial charge >= 0.3 is 0 Å². The van der Waals surface area contributed by atoms with Gasteiger partial charge in [0, 0.05) is 6.54 Å². The van der Waals surface area contributed by atoms with Crippen LogP contribution in [0.4, 0.5) is 0 Å². The van der Waals surface area contributed by atoms with Crippen molar-refractivity contribution in [3.05, 3.63) is 29.8 Å². The second-order valence-electron chi connectivity index (χ2n) is 4.76. The van der Waals surface area contributed by atoms with Gasteiger partial charge in [0.25, 0.3) is 0 Å². The lowest BCUT2D eigenvalue weighted by Gasteiger charge is -2.26. The molecule has 2 N–H and O–H groups in total. The zero-order valence-corrected chi connectivity index (χ0v) is 10.6. The second kappa shape index (κ2) is 6.03. The van der Waals surface area contributed by atoms with Crippen LogP contribution in [0.3, 0.4) is 0 Å². The van der Waals surface area contributed by atoms with Crippen LogP contribution in [0.2, 0.25) is 0 Å². The Bertz CT molecular complexity index is 331. The summed E-state index contributed by atoms with van der Waals surface area (Å²) in [6.07, 6.45) is 2.59. The van der Waals surface area contributed by atoms with E-state index in [1.807, 2.05) is 12.1 Å². The summed E-state index contributed by atoms with van der Waals surface area (Å²) in [5.41, 5.74) is 7.08. The maximum Gasteiger partial charge on any atom is 0.119 e. The first kappa shape index (κ1) is 12.4. The molecule has 0 saturated carbocycles. The number of hydrogen-bond acceptors (Lipinski definition) is 3. The molecule has 0 radical (unpaired) electrons. The van der Waals surface area contributed by atoms with E-state index in [4.69, 9.17) is 10.5 Å². The number of nitrogens with two attached hydrogens (primary N) is 1. The van der Waals surface area contributed by atoms with Gasteiger partial charge in [-0.1, -0.05) is 17.7 Å². The summed E-state index contributed by atoms with van der Waals surface area (Å²) in [6.45, 7) is 5.78.